The van der Waals surface area contributed by atoms with Crippen LogP contribution in [0.5, 0.6) is 11.5 Å². The summed E-state index contributed by atoms with van der Waals surface area (Å²) in [5.41, 5.74) is 1.48. The molecule has 8 nitrogen and oxygen atoms in total. The molecule has 1 aromatic carbocycles. The molecule has 0 radical (unpaired) electrons. The van der Waals surface area contributed by atoms with Gasteiger partial charge in [-0.15, -0.1) is 5.10 Å². The van der Waals surface area contributed by atoms with Crippen molar-refractivity contribution in [3.05, 3.63) is 51.9 Å². The molecule has 2 unspecified atom stereocenters. The van der Waals surface area contributed by atoms with Crippen LogP contribution in [0.4, 0.5) is 0 Å². The average molecular weight is 423 g/mol. The Morgan fingerprint density at radius 2 is 2.16 bits per heavy atom. The molecule has 31 heavy (non-hydrogen) atoms. The maximum atomic E-state index is 11.8. The van der Waals surface area contributed by atoms with Crippen molar-refractivity contribution in [2.75, 3.05) is 27.8 Å². The van der Waals surface area contributed by atoms with Crippen molar-refractivity contribution in [1.29, 1.82) is 0 Å². The van der Waals surface area contributed by atoms with Gasteiger partial charge in [0.2, 0.25) is 5.89 Å². The van der Waals surface area contributed by atoms with E-state index in [9.17, 15) is 4.79 Å². The number of ether oxygens (including phenoxy) is 3. The Labute approximate surface area is 179 Å². The van der Waals surface area contributed by atoms with Gasteiger partial charge in [-0.3, -0.25) is 0 Å². The smallest absolute Gasteiger partial charge is 0.434 e. The Kier molecular flexibility index (Phi) is 3.15. The summed E-state index contributed by atoms with van der Waals surface area (Å²) in [5.74, 6) is 1.24. The Balaban J connectivity index is 1.56. The molecule has 162 valence electrons. The van der Waals surface area contributed by atoms with Crippen LogP contribution in [0.25, 0.3) is 0 Å². The summed E-state index contributed by atoms with van der Waals surface area (Å²) in [6, 6.07) is 4.55. The van der Waals surface area contributed by atoms with E-state index < -0.39 is 11.4 Å². The summed E-state index contributed by atoms with van der Waals surface area (Å²) in [5, 5.41) is 6.67. The Morgan fingerprint density at radius 3 is 2.90 bits per heavy atom. The number of methoxy groups -OCH3 is 2. The summed E-state index contributed by atoms with van der Waals surface area (Å²) in [4.78, 5) is 14.3. The highest BCUT2D eigenvalue weighted by atomic mass is 16.6. The van der Waals surface area contributed by atoms with E-state index in [2.05, 4.69) is 40.4 Å². The van der Waals surface area contributed by atoms with E-state index in [1.807, 2.05) is 6.07 Å². The number of likely N-dealkylation sites (N-methyl/N-ethyl adjacent to an activating group) is 1. The van der Waals surface area contributed by atoms with Gasteiger partial charge in [-0.05, 0) is 44.5 Å². The summed E-state index contributed by atoms with van der Waals surface area (Å²) < 4.78 is 24.4. The molecule has 6 atom stereocenters. The van der Waals surface area contributed by atoms with Crippen LogP contribution in [0, 0.1) is 5.41 Å². The zero-order valence-electron chi connectivity index (χ0n) is 17.8. The highest BCUT2D eigenvalue weighted by Crippen LogP contribution is 2.75. The highest BCUT2D eigenvalue weighted by molar-refractivity contribution is 5.65. The van der Waals surface area contributed by atoms with Gasteiger partial charge in [0.1, 0.15) is 11.7 Å². The van der Waals surface area contributed by atoms with E-state index in [1.165, 1.54) is 11.1 Å². The summed E-state index contributed by atoms with van der Waals surface area (Å²) in [6.45, 7) is 0.998. The Hall–Kier alpha value is -2.58. The van der Waals surface area contributed by atoms with Crippen LogP contribution >= 0.6 is 0 Å². The van der Waals surface area contributed by atoms with Crippen molar-refractivity contribution in [2.45, 2.75) is 48.3 Å². The number of nitrogens with zero attached hydrogens (tertiary/aromatic N) is 2. The average Bonchev–Trinajstić information content (AvgIpc) is 3.38. The quantitative estimate of drug-likeness (QED) is 0.753. The fourth-order valence-electron chi connectivity index (χ4n) is 7.88. The predicted molar refractivity (Wildman–Crippen MR) is 110 cm³/mol. The minimum atomic E-state index is -0.786. The molecule has 2 aliphatic heterocycles. The van der Waals surface area contributed by atoms with Gasteiger partial charge in [-0.25, -0.2) is 9.89 Å². The normalized spacial score (nSPS) is 41.2. The minimum Gasteiger partial charge on any atom is -0.493 e. The first kappa shape index (κ1) is 18.0. The number of aromatic amines is 1. The number of likely N-dealkylation sites (tertiary alicyclic amines) is 1. The van der Waals surface area contributed by atoms with Crippen LogP contribution in [0.2, 0.25) is 0 Å². The van der Waals surface area contributed by atoms with E-state index in [4.69, 9.17) is 18.6 Å². The Bertz CT molecular complexity index is 1200. The summed E-state index contributed by atoms with van der Waals surface area (Å²) in [6.07, 6.45) is 7.00. The number of hydrogen-bond acceptors (Lipinski definition) is 7. The first-order valence-corrected chi connectivity index (χ1v) is 10.9. The molecular formula is C23H25N3O5. The second kappa shape index (κ2) is 5.42. The number of H-pyrrole nitrogens is 1. The van der Waals surface area contributed by atoms with Gasteiger partial charge >= 0.3 is 5.76 Å². The summed E-state index contributed by atoms with van der Waals surface area (Å²) >= 11 is 0. The number of rotatable bonds is 3. The molecule has 2 fully saturated rings. The standard InChI is InChI=1S/C23H25N3O5/c1-26-9-8-22-16-12-4-5-14(28-2)17(16)30-19(22)23(29-3)7-6-21(22,15(26)10-12)11-13(23)18-24-25-20(27)31-18/h4-7,13,15,19H,8-11H2,1-3H3,(H,25,27)/t13-,15?,19-,21?,22+,23-/m1/s1. The van der Waals surface area contributed by atoms with Crippen molar-refractivity contribution in [3.63, 3.8) is 0 Å². The second-order valence-electron chi connectivity index (χ2n) is 9.69. The maximum absolute atomic E-state index is 11.8. The molecule has 4 aliphatic carbocycles. The molecule has 6 aliphatic rings. The van der Waals surface area contributed by atoms with Gasteiger partial charge in [0.05, 0.1) is 18.4 Å². The molecule has 0 amide bonds. The molecule has 2 aromatic rings. The number of fused-ring (bicyclic) bond motifs is 1. The first-order valence-electron chi connectivity index (χ1n) is 10.9. The van der Waals surface area contributed by atoms with E-state index in [-0.39, 0.29) is 22.9 Å². The van der Waals surface area contributed by atoms with Gasteiger partial charge in [-0.2, -0.15) is 0 Å². The van der Waals surface area contributed by atoms with Crippen LogP contribution in [-0.4, -0.2) is 60.7 Å². The fourth-order valence-corrected chi connectivity index (χ4v) is 7.88. The largest absolute Gasteiger partial charge is 0.493 e. The molecule has 4 bridgehead atoms. The lowest BCUT2D eigenvalue weighted by molar-refractivity contribution is -0.200. The third-order valence-electron chi connectivity index (χ3n) is 9.03. The minimum absolute atomic E-state index is 0.169. The maximum Gasteiger partial charge on any atom is 0.434 e. The van der Waals surface area contributed by atoms with Gasteiger partial charge in [0, 0.05) is 24.1 Å². The zero-order valence-corrected chi connectivity index (χ0v) is 17.8. The molecule has 1 N–H and O–H groups in total. The van der Waals surface area contributed by atoms with E-state index in [0.717, 1.165) is 37.3 Å². The van der Waals surface area contributed by atoms with Crippen molar-refractivity contribution in [2.24, 2.45) is 5.41 Å². The van der Waals surface area contributed by atoms with Crippen LogP contribution in [0.3, 0.4) is 0 Å². The van der Waals surface area contributed by atoms with Crippen LogP contribution in [0.1, 0.15) is 35.8 Å². The topological polar surface area (TPSA) is 89.8 Å². The predicted octanol–water partition coefficient (Wildman–Crippen LogP) is 1.76. The number of benzene rings is 1. The zero-order chi connectivity index (χ0) is 21.2. The van der Waals surface area contributed by atoms with Crippen LogP contribution in [-0.2, 0) is 16.6 Å². The lowest BCUT2D eigenvalue weighted by Crippen LogP contribution is -2.78. The number of piperidine rings is 1. The van der Waals surface area contributed by atoms with Crippen molar-refractivity contribution < 1.29 is 18.6 Å². The Morgan fingerprint density at radius 1 is 1.29 bits per heavy atom. The van der Waals surface area contributed by atoms with Gasteiger partial charge in [0.15, 0.2) is 11.5 Å². The molecule has 1 saturated heterocycles. The number of nitrogens with one attached hydrogen (secondary N) is 1. The highest BCUT2D eigenvalue weighted by Gasteiger charge is 2.79. The second-order valence-corrected chi connectivity index (χ2v) is 9.69. The van der Waals surface area contributed by atoms with Gasteiger partial charge in [0.25, 0.3) is 0 Å². The monoisotopic (exact) mass is 423 g/mol. The third-order valence-corrected chi connectivity index (χ3v) is 9.03. The van der Waals surface area contributed by atoms with Gasteiger partial charge in [-0.1, -0.05) is 18.2 Å². The molecule has 2 spiro atoms. The van der Waals surface area contributed by atoms with Gasteiger partial charge < -0.3 is 23.5 Å². The third kappa shape index (κ3) is 1.72. The molecule has 3 heterocycles. The van der Waals surface area contributed by atoms with Crippen molar-refractivity contribution in [3.8, 4) is 11.5 Å². The molecule has 1 saturated carbocycles. The van der Waals surface area contributed by atoms with Crippen LogP contribution < -0.4 is 15.2 Å². The van der Waals surface area contributed by atoms with E-state index >= 15 is 0 Å². The van der Waals surface area contributed by atoms with E-state index in [1.54, 1.807) is 14.2 Å². The molecular weight excluding hydrogens is 398 g/mol. The van der Waals surface area contributed by atoms with Crippen molar-refractivity contribution >= 4 is 0 Å². The molecule has 8 rings (SSSR count). The lowest BCUT2D eigenvalue weighted by atomic mass is 9.37. The van der Waals surface area contributed by atoms with E-state index in [0.29, 0.717) is 11.9 Å². The van der Waals surface area contributed by atoms with Crippen LogP contribution in [0.15, 0.2) is 33.5 Å². The molecule has 8 heteroatoms. The fraction of sp³-hybridized carbons (Fsp3) is 0.565. The number of aromatic nitrogens is 2. The number of hydrogen-bond donors (Lipinski definition) is 1. The lowest BCUT2D eigenvalue weighted by Gasteiger charge is -2.70. The SMILES string of the molecule is COc1ccc2c3c1O[C@H]1[C@@]4(OC)C=CC5(C[C@@H]4c4n[nH]c(=O)o4)C(C2)N(C)CC[C@]315. The molecule has 1 aromatic heterocycles. The van der Waals surface area contributed by atoms with Crippen molar-refractivity contribution in [1.82, 2.24) is 15.1 Å². The first-order chi connectivity index (χ1) is 15.0. The summed E-state index contributed by atoms with van der Waals surface area (Å²) in [7, 11) is 5.63.